The maximum Gasteiger partial charge on any atom is 0.407 e. The van der Waals surface area contributed by atoms with Crippen LogP contribution in [0.1, 0.15) is 19.5 Å². The average molecular weight is 410 g/mol. The Morgan fingerprint density at radius 3 is 2.87 bits per heavy atom. The van der Waals surface area contributed by atoms with E-state index in [0.29, 0.717) is 36.4 Å². The van der Waals surface area contributed by atoms with Crippen LogP contribution in [0.25, 0.3) is 23.0 Å². The van der Waals surface area contributed by atoms with Crippen LogP contribution in [0.15, 0.2) is 35.0 Å². The average Bonchev–Trinajstić information content (AvgIpc) is 3.35. The van der Waals surface area contributed by atoms with Crippen molar-refractivity contribution >= 4 is 11.9 Å². The van der Waals surface area contributed by atoms with E-state index in [1.54, 1.807) is 18.3 Å². The molecule has 1 amide bonds. The minimum Gasteiger partial charge on any atom is -0.490 e. The highest BCUT2D eigenvalue weighted by atomic mass is 16.6. The highest BCUT2D eigenvalue weighted by Crippen LogP contribution is 2.25. The van der Waals surface area contributed by atoms with Crippen molar-refractivity contribution in [1.82, 2.24) is 25.4 Å². The minimum atomic E-state index is -0.429. The first-order valence-corrected chi connectivity index (χ1v) is 9.58. The van der Waals surface area contributed by atoms with Gasteiger partial charge in [-0.1, -0.05) is 5.16 Å². The maximum absolute atomic E-state index is 11.0. The normalized spacial score (nSPS) is 15.7. The van der Waals surface area contributed by atoms with E-state index in [1.165, 1.54) is 0 Å². The highest BCUT2D eigenvalue weighted by molar-refractivity contribution is 5.69. The van der Waals surface area contributed by atoms with Crippen molar-refractivity contribution in [3.05, 3.63) is 36.2 Å². The summed E-state index contributed by atoms with van der Waals surface area (Å²) >= 11 is 0. The topological polar surface area (TPSA) is 124 Å². The zero-order valence-electron chi connectivity index (χ0n) is 16.9. The molecule has 1 fully saturated rings. The van der Waals surface area contributed by atoms with Gasteiger partial charge in [0.15, 0.2) is 0 Å². The summed E-state index contributed by atoms with van der Waals surface area (Å²) < 4.78 is 15.9. The van der Waals surface area contributed by atoms with Crippen LogP contribution in [0.3, 0.4) is 0 Å². The van der Waals surface area contributed by atoms with Crippen LogP contribution in [-0.2, 0) is 4.74 Å². The van der Waals surface area contributed by atoms with E-state index >= 15 is 0 Å². The molecule has 0 aliphatic carbocycles. The van der Waals surface area contributed by atoms with Gasteiger partial charge in [0.2, 0.25) is 5.82 Å². The SMILES string of the molecule is Cc1cc(-c2nc(-c3ccc(OC[C@H]4COC(=O)N4)cn3)no2)cc(NC(C)C)n1. The Morgan fingerprint density at radius 2 is 2.17 bits per heavy atom. The standard InChI is InChI=1S/C20H22N6O4/c1-11(2)22-17-7-13(6-12(3)23-17)19-25-18(26-30-19)16-5-4-15(8-21-16)28-9-14-10-29-20(27)24-14/h4-8,11,14H,9-10H2,1-3H3,(H,22,23)(H,24,27)/t14-/m0/s1. The number of hydrogen-bond donors (Lipinski definition) is 2. The molecule has 4 rings (SSSR count). The number of ether oxygens (including phenoxy) is 2. The lowest BCUT2D eigenvalue weighted by molar-refractivity contribution is 0.174. The molecule has 0 aromatic carbocycles. The summed E-state index contributed by atoms with van der Waals surface area (Å²) in [7, 11) is 0. The number of aryl methyl sites for hydroxylation is 1. The number of hydrogen-bond acceptors (Lipinski definition) is 9. The van der Waals surface area contributed by atoms with E-state index in [1.807, 2.05) is 32.9 Å². The molecule has 3 aromatic heterocycles. The molecule has 3 aromatic rings. The van der Waals surface area contributed by atoms with E-state index in [4.69, 9.17) is 14.0 Å². The van der Waals surface area contributed by atoms with E-state index in [9.17, 15) is 4.79 Å². The van der Waals surface area contributed by atoms with Gasteiger partial charge in [0, 0.05) is 17.3 Å². The number of aromatic nitrogens is 4. The number of alkyl carbamates (subject to hydrolysis) is 1. The van der Waals surface area contributed by atoms with Gasteiger partial charge in [-0.15, -0.1) is 0 Å². The molecule has 10 heteroatoms. The fourth-order valence-electron chi connectivity index (χ4n) is 2.92. The second-order valence-electron chi connectivity index (χ2n) is 7.23. The van der Waals surface area contributed by atoms with Crippen molar-refractivity contribution in [2.45, 2.75) is 32.9 Å². The van der Waals surface area contributed by atoms with Gasteiger partial charge in [-0.2, -0.15) is 4.98 Å². The molecule has 2 N–H and O–H groups in total. The number of anilines is 1. The third-order valence-electron chi connectivity index (χ3n) is 4.22. The molecule has 0 radical (unpaired) electrons. The zero-order valence-corrected chi connectivity index (χ0v) is 16.9. The molecule has 156 valence electrons. The molecule has 0 bridgehead atoms. The van der Waals surface area contributed by atoms with Crippen molar-refractivity contribution in [2.24, 2.45) is 0 Å². The Hall–Kier alpha value is -3.69. The highest BCUT2D eigenvalue weighted by Gasteiger charge is 2.22. The summed E-state index contributed by atoms with van der Waals surface area (Å²) in [5.41, 5.74) is 2.19. The van der Waals surface area contributed by atoms with Crippen LogP contribution in [-0.4, -0.2) is 51.5 Å². The lowest BCUT2D eigenvalue weighted by Crippen LogP contribution is -2.32. The zero-order chi connectivity index (χ0) is 21.1. The molecule has 30 heavy (non-hydrogen) atoms. The Bertz CT molecular complexity index is 1030. The van der Waals surface area contributed by atoms with Gasteiger partial charge in [-0.05, 0) is 45.0 Å². The van der Waals surface area contributed by atoms with E-state index in [0.717, 1.165) is 17.1 Å². The third-order valence-corrected chi connectivity index (χ3v) is 4.22. The van der Waals surface area contributed by atoms with Crippen molar-refractivity contribution < 1.29 is 18.8 Å². The van der Waals surface area contributed by atoms with Crippen molar-refractivity contribution in [1.29, 1.82) is 0 Å². The van der Waals surface area contributed by atoms with Gasteiger partial charge >= 0.3 is 6.09 Å². The predicted molar refractivity (Wildman–Crippen MR) is 108 cm³/mol. The third kappa shape index (κ3) is 4.65. The fourth-order valence-corrected chi connectivity index (χ4v) is 2.92. The molecular weight excluding hydrogens is 388 g/mol. The predicted octanol–water partition coefficient (Wildman–Crippen LogP) is 2.81. The molecule has 1 saturated heterocycles. The lowest BCUT2D eigenvalue weighted by atomic mass is 10.2. The quantitative estimate of drug-likeness (QED) is 0.605. The smallest absolute Gasteiger partial charge is 0.407 e. The molecule has 0 spiro atoms. The van der Waals surface area contributed by atoms with Crippen LogP contribution in [0.5, 0.6) is 5.75 Å². The first kappa shape index (κ1) is 19.6. The molecule has 1 atom stereocenters. The van der Waals surface area contributed by atoms with Crippen LogP contribution in [0, 0.1) is 6.92 Å². The minimum absolute atomic E-state index is 0.171. The number of pyridine rings is 2. The molecule has 0 saturated carbocycles. The Kier molecular flexibility index (Phi) is 5.46. The molecular formula is C20H22N6O4. The molecule has 1 aliphatic heterocycles. The molecule has 1 aliphatic rings. The lowest BCUT2D eigenvalue weighted by Gasteiger charge is -2.10. The van der Waals surface area contributed by atoms with Crippen molar-refractivity contribution in [3.63, 3.8) is 0 Å². The Balaban J connectivity index is 1.45. The summed E-state index contributed by atoms with van der Waals surface area (Å²) in [6.45, 7) is 6.60. The number of cyclic esters (lactones) is 1. The number of carbonyl (C=O) groups excluding carboxylic acids is 1. The second kappa shape index (κ2) is 8.36. The molecule has 0 unspecified atom stereocenters. The Labute approximate surface area is 173 Å². The Morgan fingerprint density at radius 1 is 1.30 bits per heavy atom. The summed E-state index contributed by atoms with van der Waals surface area (Å²) in [6, 6.07) is 7.36. The number of amides is 1. The van der Waals surface area contributed by atoms with Crippen LogP contribution < -0.4 is 15.4 Å². The summed E-state index contributed by atoms with van der Waals surface area (Å²) in [4.78, 5) is 24.3. The second-order valence-corrected chi connectivity index (χ2v) is 7.23. The molecule has 4 heterocycles. The summed E-state index contributed by atoms with van der Waals surface area (Å²) in [6.07, 6.45) is 1.14. The van der Waals surface area contributed by atoms with Crippen LogP contribution in [0.2, 0.25) is 0 Å². The summed E-state index contributed by atoms with van der Waals surface area (Å²) in [5.74, 6) is 2.09. The van der Waals surface area contributed by atoms with Gasteiger partial charge in [-0.3, -0.25) is 0 Å². The number of nitrogens with one attached hydrogen (secondary N) is 2. The van der Waals surface area contributed by atoms with E-state index in [-0.39, 0.29) is 12.1 Å². The monoisotopic (exact) mass is 410 g/mol. The summed E-state index contributed by atoms with van der Waals surface area (Å²) in [5, 5.41) is 9.96. The molecule has 10 nitrogen and oxygen atoms in total. The number of nitrogens with zero attached hydrogens (tertiary/aromatic N) is 4. The number of rotatable bonds is 7. The van der Waals surface area contributed by atoms with Crippen LogP contribution >= 0.6 is 0 Å². The van der Waals surface area contributed by atoms with Gasteiger partial charge < -0.3 is 24.6 Å². The van der Waals surface area contributed by atoms with E-state index in [2.05, 4.69) is 30.7 Å². The van der Waals surface area contributed by atoms with E-state index < -0.39 is 6.09 Å². The number of carbonyl (C=O) groups is 1. The fraction of sp³-hybridized carbons (Fsp3) is 0.350. The van der Waals surface area contributed by atoms with Crippen molar-refractivity contribution in [2.75, 3.05) is 18.5 Å². The van der Waals surface area contributed by atoms with Gasteiger partial charge in [0.05, 0.1) is 6.20 Å². The van der Waals surface area contributed by atoms with Crippen LogP contribution in [0.4, 0.5) is 10.6 Å². The maximum atomic E-state index is 11.0. The van der Waals surface area contributed by atoms with Gasteiger partial charge in [-0.25, -0.2) is 14.8 Å². The van der Waals surface area contributed by atoms with Gasteiger partial charge in [0.25, 0.3) is 5.89 Å². The van der Waals surface area contributed by atoms with Crippen molar-refractivity contribution in [3.8, 4) is 28.7 Å². The first-order valence-electron chi connectivity index (χ1n) is 9.58. The largest absolute Gasteiger partial charge is 0.490 e. The van der Waals surface area contributed by atoms with Gasteiger partial charge in [0.1, 0.15) is 36.5 Å². The first-order chi connectivity index (χ1) is 14.5.